The second kappa shape index (κ2) is 7.67. The molecule has 136 valence electrons. The number of H-pyrrole nitrogens is 1. The number of carbonyl (C=O) groups is 1. The lowest BCUT2D eigenvalue weighted by Gasteiger charge is -2.25. The van der Waals surface area contributed by atoms with Crippen LogP contribution in [0.4, 0.5) is 8.78 Å². The minimum Gasteiger partial charge on any atom is -0.349 e. The van der Waals surface area contributed by atoms with Gasteiger partial charge in [0.25, 0.3) is 5.91 Å². The number of thiazole rings is 1. The monoisotopic (exact) mass is 378 g/mol. The minimum absolute atomic E-state index is 0.0266. The number of aromatic amines is 1. The third kappa shape index (κ3) is 3.75. The highest BCUT2D eigenvalue weighted by molar-refractivity contribution is 7.13. The third-order valence-corrected chi connectivity index (χ3v) is 4.62. The molecule has 0 aliphatic rings. The number of benzene rings is 1. The van der Waals surface area contributed by atoms with E-state index in [-0.39, 0.29) is 17.8 Å². The van der Waals surface area contributed by atoms with Crippen molar-refractivity contribution >= 4 is 17.2 Å². The lowest BCUT2D eigenvalue weighted by molar-refractivity contribution is 0.0936. The molecule has 10 heteroatoms. The lowest BCUT2D eigenvalue weighted by Crippen LogP contribution is -2.35. The van der Waals surface area contributed by atoms with Gasteiger partial charge in [-0.3, -0.25) is 9.89 Å². The SMILES string of the molecule is CN(C)C(CNC(=O)c1csc(-c2ncn[nH]2)n1)c1c(F)cccc1F. The van der Waals surface area contributed by atoms with Crippen molar-refractivity contribution in [2.75, 3.05) is 20.6 Å². The van der Waals surface area contributed by atoms with E-state index >= 15 is 0 Å². The summed E-state index contributed by atoms with van der Waals surface area (Å²) in [5.74, 6) is -1.28. The molecule has 2 N–H and O–H groups in total. The summed E-state index contributed by atoms with van der Waals surface area (Å²) in [5.41, 5.74) is 0.117. The highest BCUT2D eigenvalue weighted by atomic mass is 32.1. The van der Waals surface area contributed by atoms with Gasteiger partial charge in [0.15, 0.2) is 10.8 Å². The average molecular weight is 378 g/mol. The topological polar surface area (TPSA) is 86.8 Å². The van der Waals surface area contributed by atoms with E-state index in [2.05, 4.69) is 25.5 Å². The van der Waals surface area contributed by atoms with Crippen LogP contribution >= 0.6 is 11.3 Å². The number of carbonyl (C=O) groups excluding carboxylic acids is 1. The molecule has 0 aliphatic carbocycles. The molecule has 0 spiro atoms. The van der Waals surface area contributed by atoms with Gasteiger partial charge >= 0.3 is 0 Å². The van der Waals surface area contributed by atoms with Crippen molar-refractivity contribution in [3.8, 4) is 10.8 Å². The first-order valence-corrected chi connectivity index (χ1v) is 8.55. The molecule has 2 heterocycles. The standard InChI is InChI=1S/C16H16F2N6OS/c1-24(2)12(13-9(17)4-3-5-10(13)18)6-19-15(25)11-7-26-16(22-11)14-20-8-21-23-14/h3-5,7-8,12H,6H2,1-2H3,(H,19,25)(H,20,21,23). The van der Waals surface area contributed by atoms with Gasteiger partial charge in [0.1, 0.15) is 23.7 Å². The van der Waals surface area contributed by atoms with Crippen LogP contribution in [0.1, 0.15) is 22.1 Å². The maximum Gasteiger partial charge on any atom is 0.270 e. The fourth-order valence-corrected chi connectivity index (χ4v) is 3.19. The number of hydrogen-bond donors (Lipinski definition) is 2. The van der Waals surface area contributed by atoms with E-state index in [0.717, 1.165) is 0 Å². The smallest absolute Gasteiger partial charge is 0.270 e. The van der Waals surface area contributed by atoms with Gasteiger partial charge in [-0.1, -0.05) is 6.07 Å². The zero-order valence-corrected chi connectivity index (χ0v) is 14.8. The number of halogens is 2. The number of likely N-dealkylation sites (N-methyl/N-ethyl adjacent to an activating group) is 1. The Morgan fingerprint density at radius 3 is 2.69 bits per heavy atom. The summed E-state index contributed by atoms with van der Waals surface area (Å²) < 4.78 is 28.1. The molecule has 1 aromatic carbocycles. The van der Waals surface area contributed by atoms with Crippen LogP contribution in [0.25, 0.3) is 10.8 Å². The Kier molecular flexibility index (Phi) is 5.33. The van der Waals surface area contributed by atoms with E-state index in [1.165, 1.54) is 35.9 Å². The Balaban J connectivity index is 1.73. The number of rotatable bonds is 6. The molecule has 2 aromatic heterocycles. The molecular formula is C16H16F2N6OS. The molecule has 0 aliphatic heterocycles. The van der Waals surface area contributed by atoms with Crippen LogP contribution in [0.15, 0.2) is 29.9 Å². The Morgan fingerprint density at radius 1 is 1.35 bits per heavy atom. The molecule has 7 nitrogen and oxygen atoms in total. The second-order valence-corrected chi connectivity index (χ2v) is 6.55. The van der Waals surface area contributed by atoms with Crippen LogP contribution in [0.2, 0.25) is 0 Å². The van der Waals surface area contributed by atoms with Crippen LogP contribution in [-0.2, 0) is 0 Å². The summed E-state index contributed by atoms with van der Waals surface area (Å²) in [6, 6.07) is 3.04. The van der Waals surface area contributed by atoms with Crippen LogP contribution in [0.3, 0.4) is 0 Å². The van der Waals surface area contributed by atoms with Gasteiger partial charge in [0.2, 0.25) is 0 Å². The molecular weight excluding hydrogens is 362 g/mol. The van der Waals surface area contributed by atoms with E-state index in [4.69, 9.17) is 0 Å². The fraction of sp³-hybridized carbons (Fsp3) is 0.250. The molecule has 0 bridgehead atoms. The highest BCUT2D eigenvalue weighted by Crippen LogP contribution is 2.24. The number of aromatic nitrogens is 4. The largest absolute Gasteiger partial charge is 0.349 e. The maximum absolute atomic E-state index is 14.1. The Morgan fingerprint density at radius 2 is 2.08 bits per heavy atom. The summed E-state index contributed by atoms with van der Waals surface area (Å²) in [6.07, 6.45) is 1.35. The minimum atomic E-state index is -0.660. The number of amides is 1. The molecule has 0 fully saturated rings. The van der Waals surface area contributed by atoms with Gasteiger partial charge in [-0.15, -0.1) is 11.3 Å². The zero-order chi connectivity index (χ0) is 18.7. The van der Waals surface area contributed by atoms with Crippen LogP contribution in [0.5, 0.6) is 0 Å². The van der Waals surface area contributed by atoms with Crippen molar-refractivity contribution in [3.63, 3.8) is 0 Å². The van der Waals surface area contributed by atoms with Crippen molar-refractivity contribution in [1.82, 2.24) is 30.4 Å². The van der Waals surface area contributed by atoms with Crippen LogP contribution < -0.4 is 5.32 Å². The van der Waals surface area contributed by atoms with Gasteiger partial charge in [-0.2, -0.15) is 5.10 Å². The quantitative estimate of drug-likeness (QED) is 0.687. The van der Waals surface area contributed by atoms with Crippen molar-refractivity contribution in [2.45, 2.75) is 6.04 Å². The van der Waals surface area contributed by atoms with Gasteiger partial charge in [0, 0.05) is 17.5 Å². The first kappa shape index (κ1) is 18.1. The molecule has 0 radical (unpaired) electrons. The zero-order valence-electron chi connectivity index (χ0n) is 14.0. The van der Waals surface area contributed by atoms with E-state index in [0.29, 0.717) is 10.8 Å². The van der Waals surface area contributed by atoms with Gasteiger partial charge in [-0.25, -0.2) is 18.7 Å². The molecule has 3 aromatic rings. The molecule has 1 atom stereocenters. The maximum atomic E-state index is 14.1. The van der Waals surface area contributed by atoms with Gasteiger partial charge in [-0.05, 0) is 26.2 Å². The van der Waals surface area contributed by atoms with Crippen LogP contribution in [-0.4, -0.2) is 51.6 Å². The first-order chi connectivity index (χ1) is 12.5. The van der Waals surface area contributed by atoms with E-state index in [1.807, 2.05) is 0 Å². The van der Waals surface area contributed by atoms with E-state index < -0.39 is 23.6 Å². The Bertz CT molecular complexity index is 876. The number of nitrogens with zero attached hydrogens (tertiary/aromatic N) is 4. The summed E-state index contributed by atoms with van der Waals surface area (Å²) >= 11 is 1.24. The summed E-state index contributed by atoms with van der Waals surface area (Å²) in [7, 11) is 3.38. The second-order valence-electron chi connectivity index (χ2n) is 5.70. The molecule has 0 saturated heterocycles. The van der Waals surface area contributed by atoms with Gasteiger partial charge < -0.3 is 10.2 Å². The normalized spacial score (nSPS) is 12.3. The number of hydrogen-bond acceptors (Lipinski definition) is 6. The van der Waals surface area contributed by atoms with E-state index in [1.54, 1.807) is 24.4 Å². The molecule has 26 heavy (non-hydrogen) atoms. The van der Waals surface area contributed by atoms with Crippen LogP contribution in [0, 0.1) is 11.6 Å². The highest BCUT2D eigenvalue weighted by Gasteiger charge is 2.23. The third-order valence-electron chi connectivity index (χ3n) is 3.77. The Hall–Kier alpha value is -2.72. The fourth-order valence-electron chi connectivity index (χ4n) is 2.45. The lowest BCUT2D eigenvalue weighted by atomic mass is 10.0. The van der Waals surface area contributed by atoms with E-state index in [9.17, 15) is 13.6 Å². The molecule has 1 amide bonds. The van der Waals surface area contributed by atoms with Crippen molar-refractivity contribution in [1.29, 1.82) is 0 Å². The first-order valence-electron chi connectivity index (χ1n) is 7.67. The predicted molar refractivity (Wildman–Crippen MR) is 92.6 cm³/mol. The predicted octanol–water partition coefficient (Wildman–Crippen LogP) is 2.24. The van der Waals surface area contributed by atoms with Gasteiger partial charge in [0.05, 0.1) is 6.04 Å². The Labute approximate surface area is 152 Å². The van der Waals surface area contributed by atoms with Crippen molar-refractivity contribution in [3.05, 3.63) is 52.8 Å². The van der Waals surface area contributed by atoms with Crippen molar-refractivity contribution < 1.29 is 13.6 Å². The number of nitrogens with one attached hydrogen (secondary N) is 2. The summed E-state index contributed by atoms with van der Waals surface area (Å²) in [5, 5.41) is 11.2. The summed E-state index contributed by atoms with van der Waals surface area (Å²) in [4.78, 5) is 22.1. The van der Waals surface area contributed by atoms with Crippen molar-refractivity contribution in [2.24, 2.45) is 0 Å². The molecule has 1 unspecified atom stereocenters. The molecule has 3 rings (SSSR count). The molecule has 0 saturated carbocycles. The average Bonchev–Trinajstić information content (AvgIpc) is 3.27. The summed E-state index contributed by atoms with van der Waals surface area (Å²) in [6.45, 7) is 0.0266.